The van der Waals surface area contributed by atoms with Crippen molar-refractivity contribution in [1.29, 1.82) is 0 Å². The van der Waals surface area contributed by atoms with Crippen LogP contribution in [0.4, 0.5) is 11.8 Å². The Bertz CT molecular complexity index is 494. The molecule has 0 spiro atoms. The summed E-state index contributed by atoms with van der Waals surface area (Å²) in [7, 11) is 2.08. The molecular formula is C12H18N4S. The van der Waals surface area contributed by atoms with Gasteiger partial charge in [0.05, 0.1) is 5.39 Å². The van der Waals surface area contributed by atoms with Crippen molar-refractivity contribution in [3.05, 3.63) is 11.4 Å². The number of hydrogen-bond acceptors (Lipinski definition) is 5. The molecule has 1 N–H and O–H groups in total. The predicted molar refractivity (Wildman–Crippen MR) is 75.1 cm³/mol. The van der Waals surface area contributed by atoms with E-state index in [1.165, 1.54) is 0 Å². The molecule has 0 bridgehead atoms. The Hall–Kier alpha value is -1.36. The fourth-order valence-corrected chi connectivity index (χ4v) is 2.57. The van der Waals surface area contributed by atoms with E-state index in [0.29, 0.717) is 0 Å². The monoisotopic (exact) mass is 250 g/mol. The molecule has 0 aromatic carbocycles. The van der Waals surface area contributed by atoms with Crippen LogP contribution in [0, 0.1) is 0 Å². The van der Waals surface area contributed by atoms with Crippen LogP contribution in [0.3, 0.4) is 0 Å². The Morgan fingerprint density at radius 2 is 2.18 bits per heavy atom. The minimum absolute atomic E-state index is 0.723. The van der Waals surface area contributed by atoms with E-state index in [9.17, 15) is 0 Å². The van der Waals surface area contributed by atoms with Crippen LogP contribution in [0.2, 0.25) is 0 Å². The van der Waals surface area contributed by atoms with Gasteiger partial charge in [0, 0.05) is 20.1 Å². The molecule has 0 fully saturated rings. The third kappa shape index (κ3) is 2.49. The van der Waals surface area contributed by atoms with Gasteiger partial charge < -0.3 is 10.2 Å². The first-order valence-electron chi connectivity index (χ1n) is 5.96. The van der Waals surface area contributed by atoms with Crippen LogP contribution in [0.1, 0.15) is 20.3 Å². The summed E-state index contributed by atoms with van der Waals surface area (Å²) in [5.41, 5.74) is 0. The Morgan fingerprint density at radius 1 is 1.35 bits per heavy atom. The second kappa shape index (κ2) is 5.31. The first-order valence-corrected chi connectivity index (χ1v) is 6.84. The number of rotatable bonds is 5. The van der Waals surface area contributed by atoms with Crippen molar-refractivity contribution in [2.75, 3.05) is 30.4 Å². The van der Waals surface area contributed by atoms with Gasteiger partial charge in [-0.25, -0.2) is 4.98 Å². The maximum absolute atomic E-state index is 4.59. The summed E-state index contributed by atoms with van der Waals surface area (Å²) >= 11 is 1.66. The molecule has 0 aliphatic carbocycles. The van der Waals surface area contributed by atoms with Crippen LogP contribution in [-0.2, 0) is 0 Å². The molecule has 17 heavy (non-hydrogen) atoms. The van der Waals surface area contributed by atoms with E-state index in [4.69, 9.17) is 0 Å². The lowest BCUT2D eigenvalue weighted by atomic mass is 10.3. The number of hydrogen-bond donors (Lipinski definition) is 1. The Kier molecular flexibility index (Phi) is 3.78. The van der Waals surface area contributed by atoms with Crippen LogP contribution in [0.25, 0.3) is 10.2 Å². The van der Waals surface area contributed by atoms with E-state index in [-0.39, 0.29) is 0 Å². The van der Waals surface area contributed by atoms with Gasteiger partial charge in [-0.2, -0.15) is 4.98 Å². The van der Waals surface area contributed by atoms with Crippen molar-refractivity contribution in [2.24, 2.45) is 0 Å². The number of anilines is 2. The molecule has 0 saturated heterocycles. The quantitative estimate of drug-likeness (QED) is 0.885. The molecule has 0 aliphatic heterocycles. The van der Waals surface area contributed by atoms with Gasteiger partial charge in [0.1, 0.15) is 10.6 Å². The van der Waals surface area contributed by atoms with Gasteiger partial charge in [-0.3, -0.25) is 0 Å². The number of nitrogens with one attached hydrogen (secondary N) is 1. The zero-order valence-electron chi connectivity index (χ0n) is 10.5. The summed E-state index contributed by atoms with van der Waals surface area (Å²) in [6.45, 7) is 6.08. The number of nitrogens with zero attached hydrogens (tertiary/aromatic N) is 3. The SMILES string of the molecule is CCCN(C)c1nc(NCC)nc2sccc12. The molecular weight excluding hydrogens is 232 g/mol. The van der Waals surface area contributed by atoms with E-state index in [1.807, 2.05) is 0 Å². The molecule has 4 nitrogen and oxygen atoms in total. The van der Waals surface area contributed by atoms with Gasteiger partial charge in [-0.1, -0.05) is 6.92 Å². The van der Waals surface area contributed by atoms with E-state index < -0.39 is 0 Å². The molecule has 2 aromatic heterocycles. The van der Waals surface area contributed by atoms with Crippen molar-refractivity contribution in [3.8, 4) is 0 Å². The maximum Gasteiger partial charge on any atom is 0.226 e. The topological polar surface area (TPSA) is 41.1 Å². The third-order valence-electron chi connectivity index (χ3n) is 2.56. The average molecular weight is 250 g/mol. The van der Waals surface area contributed by atoms with Gasteiger partial charge in [0.2, 0.25) is 5.95 Å². The number of aromatic nitrogens is 2. The minimum atomic E-state index is 0.723. The standard InChI is InChI=1S/C12H18N4S/c1-4-7-16(3)10-9-6-8-17-11(9)15-12(14-10)13-5-2/h6,8H,4-5,7H2,1-3H3,(H,13,14,15). The summed E-state index contributed by atoms with van der Waals surface area (Å²) in [5, 5.41) is 6.40. The third-order valence-corrected chi connectivity index (χ3v) is 3.37. The lowest BCUT2D eigenvalue weighted by molar-refractivity contribution is 0.840. The molecule has 0 amide bonds. The van der Waals surface area contributed by atoms with Crippen molar-refractivity contribution >= 4 is 33.3 Å². The first kappa shape index (κ1) is 12.1. The van der Waals surface area contributed by atoms with Crippen LogP contribution >= 0.6 is 11.3 Å². The second-order valence-corrected chi connectivity index (χ2v) is 4.86. The van der Waals surface area contributed by atoms with Crippen LogP contribution < -0.4 is 10.2 Å². The van der Waals surface area contributed by atoms with Crippen molar-refractivity contribution < 1.29 is 0 Å². The molecule has 0 aliphatic rings. The molecule has 0 saturated carbocycles. The molecule has 0 unspecified atom stereocenters. The van der Waals surface area contributed by atoms with Crippen molar-refractivity contribution in [3.63, 3.8) is 0 Å². The lowest BCUT2D eigenvalue weighted by Gasteiger charge is -2.18. The van der Waals surface area contributed by atoms with Crippen molar-refractivity contribution in [1.82, 2.24) is 9.97 Å². The van der Waals surface area contributed by atoms with E-state index in [2.05, 4.69) is 52.5 Å². The summed E-state index contributed by atoms with van der Waals surface area (Å²) in [4.78, 5) is 12.3. The van der Waals surface area contributed by atoms with Crippen LogP contribution in [-0.4, -0.2) is 30.1 Å². The van der Waals surface area contributed by atoms with Gasteiger partial charge in [0.25, 0.3) is 0 Å². The zero-order chi connectivity index (χ0) is 12.3. The summed E-state index contributed by atoms with van der Waals surface area (Å²) < 4.78 is 0. The second-order valence-electron chi connectivity index (χ2n) is 3.96. The zero-order valence-corrected chi connectivity index (χ0v) is 11.3. The molecule has 2 rings (SSSR count). The average Bonchev–Trinajstić information content (AvgIpc) is 2.76. The van der Waals surface area contributed by atoms with Gasteiger partial charge in [0.15, 0.2) is 0 Å². The highest BCUT2D eigenvalue weighted by Gasteiger charge is 2.11. The predicted octanol–water partition coefficient (Wildman–Crippen LogP) is 2.97. The van der Waals surface area contributed by atoms with Crippen LogP contribution in [0.5, 0.6) is 0 Å². The highest BCUT2D eigenvalue weighted by Crippen LogP contribution is 2.28. The minimum Gasteiger partial charge on any atom is -0.359 e. The van der Waals surface area contributed by atoms with E-state index in [1.54, 1.807) is 11.3 Å². The summed E-state index contributed by atoms with van der Waals surface area (Å²) in [6, 6.07) is 2.09. The largest absolute Gasteiger partial charge is 0.359 e. The molecule has 0 radical (unpaired) electrons. The Balaban J connectivity index is 2.46. The molecule has 2 heterocycles. The van der Waals surface area contributed by atoms with E-state index >= 15 is 0 Å². The molecule has 5 heteroatoms. The highest BCUT2D eigenvalue weighted by molar-refractivity contribution is 7.16. The number of fused-ring (bicyclic) bond motifs is 1. The normalized spacial score (nSPS) is 10.8. The fraction of sp³-hybridized carbons (Fsp3) is 0.500. The maximum atomic E-state index is 4.59. The van der Waals surface area contributed by atoms with Gasteiger partial charge >= 0.3 is 0 Å². The molecule has 2 aromatic rings. The smallest absolute Gasteiger partial charge is 0.226 e. The highest BCUT2D eigenvalue weighted by atomic mass is 32.1. The van der Waals surface area contributed by atoms with Crippen LogP contribution in [0.15, 0.2) is 11.4 Å². The van der Waals surface area contributed by atoms with Gasteiger partial charge in [-0.05, 0) is 24.8 Å². The van der Waals surface area contributed by atoms with Crippen molar-refractivity contribution in [2.45, 2.75) is 20.3 Å². The fourth-order valence-electron chi connectivity index (χ4n) is 1.81. The Labute approximate surface area is 106 Å². The lowest BCUT2D eigenvalue weighted by Crippen LogP contribution is -2.20. The molecule has 0 atom stereocenters. The summed E-state index contributed by atoms with van der Waals surface area (Å²) in [5.74, 6) is 1.74. The van der Waals surface area contributed by atoms with E-state index in [0.717, 1.165) is 41.5 Å². The Morgan fingerprint density at radius 3 is 2.88 bits per heavy atom. The number of thiophene rings is 1. The van der Waals surface area contributed by atoms with Gasteiger partial charge in [-0.15, -0.1) is 11.3 Å². The first-order chi connectivity index (χ1) is 8.26. The summed E-state index contributed by atoms with van der Waals surface area (Å²) in [6.07, 6.45) is 1.11. The molecule has 92 valence electrons.